The Hall–Kier alpha value is -2.20. The van der Waals surface area contributed by atoms with Crippen LogP contribution >= 0.6 is 11.3 Å². The summed E-state index contributed by atoms with van der Waals surface area (Å²) in [5, 5.41) is 0.906. The van der Waals surface area contributed by atoms with Crippen molar-refractivity contribution in [3.63, 3.8) is 0 Å². The van der Waals surface area contributed by atoms with E-state index in [-0.39, 0.29) is 0 Å². The minimum atomic E-state index is -2.24. The summed E-state index contributed by atoms with van der Waals surface area (Å²) < 4.78 is 28.9. The van der Waals surface area contributed by atoms with Crippen molar-refractivity contribution in [1.82, 2.24) is 9.55 Å². The van der Waals surface area contributed by atoms with Crippen LogP contribution in [-0.4, -0.2) is 9.55 Å². The molecule has 0 amide bonds. The number of benzene rings is 1. The van der Waals surface area contributed by atoms with E-state index in [0.29, 0.717) is 6.54 Å². The number of rotatable bonds is 0. The van der Waals surface area contributed by atoms with E-state index < -0.39 is 6.98 Å². The van der Waals surface area contributed by atoms with Gasteiger partial charge in [-0.15, -0.1) is 0 Å². The van der Waals surface area contributed by atoms with Gasteiger partial charge in [0.2, 0.25) is 4.83 Å². The average Bonchev–Trinajstić information content (AvgIpc) is 3.13. The van der Waals surface area contributed by atoms with Crippen LogP contribution in [0.2, 0.25) is 0 Å². The molecule has 4 heteroatoms. The summed E-state index contributed by atoms with van der Waals surface area (Å²) in [6.45, 7) is -1.52. The third kappa shape index (κ3) is 1.11. The minimum Gasteiger partial charge on any atom is -0.264 e. The van der Waals surface area contributed by atoms with E-state index in [0.717, 1.165) is 37.4 Å². The summed E-state index contributed by atoms with van der Waals surface area (Å²) in [6, 6.07) is 9.96. The van der Waals surface area contributed by atoms with Crippen LogP contribution in [-0.2, 0) is 13.5 Å². The van der Waals surface area contributed by atoms with Gasteiger partial charge >= 0.3 is 0 Å². The number of aromatic nitrogens is 3. The lowest BCUT2D eigenvalue weighted by atomic mass is 10.1. The number of hydrogen-bond acceptors (Lipinski definition) is 2. The molecule has 0 saturated heterocycles. The standard InChI is InChI=1S/C16H12N3S/c1-18-14-12-8-17-7-6-13(12)20-16(14)19-9-10-4-2-3-5-11(10)15(18)19/h2-8H,9H2,1H3/q+1/i1D3. The Bertz CT molecular complexity index is 1090. The third-order valence-electron chi connectivity index (χ3n) is 3.97. The van der Waals surface area contributed by atoms with Crippen LogP contribution in [0.4, 0.5) is 0 Å². The van der Waals surface area contributed by atoms with Crippen molar-refractivity contribution in [2.75, 3.05) is 0 Å². The van der Waals surface area contributed by atoms with Gasteiger partial charge in [0.25, 0.3) is 5.82 Å². The number of nitrogens with zero attached hydrogens (tertiary/aromatic N) is 3. The van der Waals surface area contributed by atoms with Gasteiger partial charge < -0.3 is 0 Å². The Balaban J connectivity index is 2.01. The topological polar surface area (TPSA) is 21.7 Å². The van der Waals surface area contributed by atoms with Gasteiger partial charge in [0, 0.05) is 22.7 Å². The quantitative estimate of drug-likeness (QED) is 0.400. The van der Waals surface area contributed by atoms with Crippen molar-refractivity contribution < 1.29 is 8.68 Å². The summed E-state index contributed by atoms with van der Waals surface area (Å²) in [5.41, 5.74) is 2.93. The number of pyridine rings is 1. The van der Waals surface area contributed by atoms with Crippen LogP contribution < -0.4 is 4.57 Å². The molecule has 1 aliphatic rings. The van der Waals surface area contributed by atoms with Crippen LogP contribution in [0, 0.1) is 0 Å². The zero-order chi connectivity index (χ0) is 15.8. The molecule has 0 fully saturated rings. The molecule has 0 unspecified atom stereocenters. The Morgan fingerprint density at radius 2 is 2.30 bits per heavy atom. The van der Waals surface area contributed by atoms with E-state index in [1.165, 1.54) is 4.57 Å². The highest BCUT2D eigenvalue weighted by atomic mass is 32.1. The second-order valence-corrected chi connectivity index (χ2v) is 6.06. The van der Waals surface area contributed by atoms with Crippen molar-refractivity contribution in [2.24, 2.45) is 6.98 Å². The average molecular weight is 281 g/mol. The smallest absolute Gasteiger partial charge is 0.264 e. The summed E-state index contributed by atoms with van der Waals surface area (Å²) in [7, 11) is 0. The van der Waals surface area contributed by atoms with Crippen molar-refractivity contribution >= 4 is 31.8 Å². The van der Waals surface area contributed by atoms with Crippen LogP contribution in [0.25, 0.3) is 31.8 Å². The molecule has 3 aromatic heterocycles. The largest absolute Gasteiger partial charge is 0.291 e. The first kappa shape index (κ1) is 8.17. The summed E-state index contributed by atoms with van der Waals surface area (Å²) in [5.74, 6) is 0.771. The van der Waals surface area contributed by atoms with Gasteiger partial charge in [-0.2, -0.15) is 0 Å². The van der Waals surface area contributed by atoms with Crippen LogP contribution in [0.5, 0.6) is 0 Å². The second kappa shape index (κ2) is 3.46. The van der Waals surface area contributed by atoms with E-state index in [1.807, 2.05) is 24.3 Å². The normalized spacial score (nSPS) is 15.9. The second-order valence-electron chi connectivity index (χ2n) is 5.03. The Labute approximate surface area is 123 Å². The molecule has 4 aromatic rings. The number of thiophene rings is 1. The van der Waals surface area contributed by atoms with E-state index in [1.54, 1.807) is 23.7 Å². The highest BCUT2D eigenvalue weighted by Gasteiger charge is 2.34. The van der Waals surface area contributed by atoms with Gasteiger partial charge in [0.05, 0.1) is 22.0 Å². The van der Waals surface area contributed by atoms with E-state index >= 15 is 0 Å². The van der Waals surface area contributed by atoms with Gasteiger partial charge in [-0.05, 0) is 12.1 Å². The van der Waals surface area contributed by atoms with Crippen LogP contribution in [0.3, 0.4) is 0 Å². The molecule has 1 aromatic carbocycles. The molecular formula is C16H12N3S+. The molecule has 4 heterocycles. The predicted molar refractivity (Wildman–Crippen MR) is 80.8 cm³/mol. The van der Waals surface area contributed by atoms with Gasteiger partial charge in [-0.1, -0.05) is 29.5 Å². The molecule has 1 aliphatic heterocycles. The van der Waals surface area contributed by atoms with Crippen molar-refractivity contribution in [2.45, 2.75) is 6.54 Å². The first-order chi connectivity index (χ1) is 11.1. The summed E-state index contributed by atoms with van der Waals surface area (Å²) >= 11 is 1.63. The molecule has 96 valence electrons. The van der Waals surface area contributed by atoms with Crippen molar-refractivity contribution in [3.8, 4) is 11.4 Å². The van der Waals surface area contributed by atoms with Gasteiger partial charge in [-0.3, -0.25) is 4.98 Å². The molecule has 5 rings (SSSR count). The first-order valence-electron chi connectivity index (χ1n) is 7.95. The number of hydrogen-bond donors (Lipinski definition) is 0. The monoisotopic (exact) mass is 281 g/mol. The van der Waals surface area contributed by atoms with Crippen molar-refractivity contribution in [1.29, 1.82) is 0 Å². The van der Waals surface area contributed by atoms with Crippen LogP contribution in [0.15, 0.2) is 42.7 Å². The van der Waals surface area contributed by atoms with Crippen molar-refractivity contribution in [3.05, 3.63) is 48.3 Å². The first-order valence-corrected chi connectivity index (χ1v) is 7.27. The lowest BCUT2D eigenvalue weighted by Crippen LogP contribution is -2.30. The molecule has 0 saturated carbocycles. The summed E-state index contributed by atoms with van der Waals surface area (Å²) in [6.07, 6.45) is 3.51. The lowest BCUT2D eigenvalue weighted by Gasteiger charge is -1.95. The lowest BCUT2D eigenvalue weighted by molar-refractivity contribution is -0.644. The zero-order valence-corrected chi connectivity index (χ0v) is 11.3. The molecule has 0 radical (unpaired) electrons. The molecule has 0 bridgehead atoms. The van der Waals surface area contributed by atoms with Gasteiger partial charge in [-0.25, -0.2) is 9.13 Å². The number of aryl methyl sites for hydroxylation is 1. The molecule has 3 nitrogen and oxygen atoms in total. The predicted octanol–water partition coefficient (Wildman–Crippen LogP) is 3.10. The fourth-order valence-corrected chi connectivity index (χ4v) is 4.25. The highest BCUT2D eigenvalue weighted by molar-refractivity contribution is 7.25. The van der Waals surface area contributed by atoms with E-state index in [2.05, 4.69) is 15.6 Å². The molecule has 0 atom stereocenters. The van der Waals surface area contributed by atoms with Gasteiger partial charge in [0.15, 0.2) is 5.52 Å². The summed E-state index contributed by atoms with van der Waals surface area (Å²) in [4.78, 5) is 5.18. The maximum absolute atomic E-state index is 8.06. The number of fused-ring (bicyclic) bond motifs is 7. The Kier molecular flexibility index (Phi) is 1.41. The fraction of sp³-hybridized carbons (Fsp3) is 0.125. The Morgan fingerprint density at radius 3 is 3.25 bits per heavy atom. The molecular weight excluding hydrogens is 266 g/mol. The molecule has 0 aliphatic carbocycles. The van der Waals surface area contributed by atoms with Gasteiger partial charge in [0.1, 0.15) is 6.54 Å². The highest BCUT2D eigenvalue weighted by Crippen LogP contribution is 2.37. The van der Waals surface area contributed by atoms with E-state index in [4.69, 9.17) is 4.11 Å². The third-order valence-corrected chi connectivity index (χ3v) is 5.15. The molecule has 0 N–H and O–H groups in total. The fourth-order valence-electron chi connectivity index (χ4n) is 3.10. The molecule has 20 heavy (non-hydrogen) atoms. The Morgan fingerprint density at radius 1 is 1.35 bits per heavy atom. The maximum Gasteiger partial charge on any atom is 0.291 e. The molecule has 0 spiro atoms. The SMILES string of the molecule is [2H]C([2H])([2H])n1c2[n+](c3sc4ccncc4c31)Cc1ccccc1-2. The minimum absolute atomic E-state index is 0.714. The zero-order valence-electron chi connectivity index (χ0n) is 13.5. The number of imidazole rings is 1. The van der Waals surface area contributed by atoms with E-state index in [9.17, 15) is 0 Å². The maximum atomic E-state index is 8.06. The van der Waals surface area contributed by atoms with Crippen LogP contribution in [0.1, 0.15) is 9.68 Å².